The van der Waals surface area contributed by atoms with Gasteiger partial charge in [-0.05, 0) is 38.9 Å². The van der Waals surface area contributed by atoms with E-state index >= 15 is 0 Å². The first kappa shape index (κ1) is 20.2. The van der Waals surface area contributed by atoms with E-state index in [-0.39, 0.29) is 30.7 Å². The van der Waals surface area contributed by atoms with Gasteiger partial charge >= 0.3 is 0 Å². The average molecular weight is 337 g/mol. The standard InChI is InChI=1S/C14H24N4O.2ClH/c1-16(2)13-6-8-18(9-7-13)14(19)5-4-12-10-15-17(3)11-12;;/h10-11,13H,4-9H2,1-3H3;2*1H. The highest BCUT2D eigenvalue weighted by atomic mass is 35.5. The normalized spacial score (nSPS) is 15.5. The van der Waals surface area contributed by atoms with Gasteiger partial charge in [-0.15, -0.1) is 24.8 Å². The molecule has 0 N–H and O–H groups in total. The smallest absolute Gasteiger partial charge is 0.222 e. The Morgan fingerprint density at radius 1 is 1.33 bits per heavy atom. The molecule has 0 spiro atoms. The van der Waals surface area contributed by atoms with Crippen LogP contribution in [0.5, 0.6) is 0 Å². The molecular weight excluding hydrogens is 311 g/mol. The molecule has 1 aliphatic rings. The third-order valence-electron chi connectivity index (χ3n) is 3.93. The zero-order valence-corrected chi connectivity index (χ0v) is 14.6. The van der Waals surface area contributed by atoms with E-state index in [9.17, 15) is 4.79 Å². The molecule has 7 heteroatoms. The highest BCUT2D eigenvalue weighted by molar-refractivity contribution is 5.85. The molecule has 5 nitrogen and oxygen atoms in total. The SMILES string of the molecule is CN(C)C1CCN(C(=O)CCc2cnn(C)c2)CC1.Cl.Cl. The highest BCUT2D eigenvalue weighted by Crippen LogP contribution is 2.15. The second kappa shape index (κ2) is 9.28. The third kappa shape index (κ3) is 5.85. The minimum Gasteiger partial charge on any atom is -0.343 e. The number of carbonyl (C=O) groups is 1. The third-order valence-corrected chi connectivity index (χ3v) is 3.93. The van der Waals surface area contributed by atoms with Crippen LogP contribution < -0.4 is 0 Å². The Labute approximate surface area is 139 Å². The number of aryl methyl sites for hydroxylation is 2. The molecule has 1 amide bonds. The molecule has 0 radical (unpaired) electrons. The van der Waals surface area contributed by atoms with Crippen LogP contribution in [0.1, 0.15) is 24.8 Å². The fourth-order valence-electron chi connectivity index (χ4n) is 2.64. The molecule has 1 aromatic heterocycles. The summed E-state index contributed by atoms with van der Waals surface area (Å²) in [5.74, 6) is 0.279. The Hall–Kier alpha value is -0.780. The fraction of sp³-hybridized carbons (Fsp3) is 0.714. The number of aromatic nitrogens is 2. The van der Waals surface area contributed by atoms with Crippen molar-refractivity contribution in [2.24, 2.45) is 7.05 Å². The first-order valence-corrected chi connectivity index (χ1v) is 6.98. The summed E-state index contributed by atoms with van der Waals surface area (Å²) in [7, 11) is 6.13. The predicted molar refractivity (Wildman–Crippen MR) is 89.3 cm³/mol. The summed E-state index contributed by atoms with van der Waals surface area (Å²) >= 11 is 0. The van der Waals surface area contributed by atoms with E-state index in [4.69, 9.17) is 0 Å². The molecule has 0 aliphatic carbocycles. The van der Waals surface area contributed by atoms with E-state index in [0.717, 1.165) is 37.9 Å². The minimum absolute atomic E-state index is 0. The molecular formula is C14H26Cl2N4O. The average Bonchev–Trinajstić information content (AvgIpc) is 2.82. The van der Waals surface area contributed by atoms with Gasteiger partial charge in [-0.2, -0.15) is 5.10 Å². The van der Waals surface area contributed by atoms with E-state index in [0.29, 0.717) is 12.5 Å². The van der Waals surface area contributed by atoms with Crippen LogP contribution in [0.25, 0.3) is 0 Å². The molecule has 122 valence electrons. The Balaban J connectivity index is 0.00000200. The molecule has 2 rings (SSSR count). The number of hydrogen-bond donors (Lipinski definition) is 0. The monoisotopic (exact) mass is 336 g/mol. The molecule has 21 heavy (non-hydrogen) atoms. The Bertz CT molecular complexity index is 428. The van der Waals surface area contributed by atoms with E-state index in [2.05, 4.69) is 24.1 Å². The van der Waals surface area contributed by atoms with E-state index in [1.54, 1.807) is 4.68 Å². The maximum absolute atomic E-state index is 12.1. The molecule has 1 aliphatic heterocycles. The lowest BCUT2D eigenvalue weighted by atomic mass is 10.0. The van der Waals surface area contributed by atoms with Crippen molar-refractivity contribution < 1.29 is 4.79 Å². The molecule has 0 bridgehead atoms. The first-order valence-electron chi connectivity index (χ1n) is 6.98. The zero-order chi connectivity index (χ0) is 13.8. The van der Waals surface area contributed by atoms with Crippen LogP contribution in [0, 0.1) is 0 Å². The summed E-state index contributed by atoms with van der Waals surface area (Å²) in [5, 5.41) is 4.12. The van der Waals surface area contributed by atoms with Crippen molar-refractivity contribution in [1.29, 1.82) is 0 Å². The van der Waals surface area contributed by atoms with E-state index in [1.165, 1.54) is 0 Å². The van der Waals surface area contributed by atoms with Crippen molar-refractivity contribution in [1.82, 2.24) is 19.6 Å². The van der Waals surface area contributed by atoms with Crippen LogP contribution >= 0.6 is 24.8 Å². The summed E-state index contributed by atoms with van der Waals surface area (Å²) < 4.78 is 1.78. The quantitative estimate of drug-likeness (QED) is 0.841. The van der Waals surface area contributed by atoms with Gasteiger partial charge in [0.15, 0.2) is 0 Å². The first-order chi connectivity index (χ1) is 9.06. The van der Waals surface area contributed by atoms with Gasteiger partial charge in [0.1, 0.15) is 0 Å². The van der Waals surface area contributed by atoms with Crippen LogP contribution in [-0.2, 0) is 18.3 Å². The molecule has 0 atom stereocenters. The van der Waals surface area contributed by atoms with E-state index < -0.39 is 0 Å². The van der Waals surface area contributed by atoms with Crippen molar-refractivity contribution in [3.05, 3.63) is 18.0 Å². The van der Waals surface area contributed by atoms with Crippen LogP contribution in [0.2, 0.25) is 0 Å². The fourth-order valence-corrected chi connectivity index (χ4v) is 2.64. The topological polar surface area (TPSA) is 41.4 Å². The van der Waals surface area contributed by atoms with Gasteiger partial charge in [0.25, 0.3) is 0 Å². The van der Waals surface area contributed by atoms with Gasteiger partial charge in [0, 0.05) is 38.8 Å². The maximum atomic E-state index is 12.1. The minimum atomic E-state index is 0. The molecule has 1 saturated heterocycles. The van der Waals surface area contributed by atoms with Crippen molar-refractivity contribution in [2.45, 2.75) is 31.7 Å². The van der Waals surface area contributed by atoms with E-state index in [1.807, 2.05) is 24.3 Å². The number of rotatable bonds is 4. The lowest BCUT2D eigenvalue weighted by Crippen LogP contribution is -2.44. The van der Waals surface area contributed by atoms with Gasteiger partial charge in [-0.1, -0.05) is 0 Å². The highest BCUT2D eigenvalue weighted by Gasteiger charge is 2.23. The maximum Gasteiger partial charge on any atom is 0.222 e. The summed E-state index contributed by atoms with van der Waals surface area (Å²) in [5.41, 5.74) is 1.14. The lowest BCUT2D eigenvalue weighted by Gasteiger charge is -2.35. The lowest BCUT2D eigenvalue weighted by molar-refractivity contribution is -0.132. The molecule has 0 unspecified atom stereocenters. The summed E-state index contributed by atoms with van der Waals surface area (Å²) in [6.07, 6.45) is 7.38. The molecule has 1 aromatic rings. The molecule has 2 heterocycles. The van der Waals surface area contributed by atoms with Gasteiger partial charge in [0.05, 0.1) is 6.20 Å². The van der Waals surface area contributed by atoms with Crippen LogP contribution in [-0.4, -0.2) is 58.7 Å². The second-order valence-electron chi connectivity index (χ2n) is 5.60. The number of piperidine rings is 1. The number of amides is 1. The van der Waals surface area contributed by atoms with Crippen molar-refractivity contribution >= 4 is 30.7 Å². The largest absolute Gasteiger partial charge is 0.343 e. The van der Waals surface area contributed by atoms with Gasteiger partial charge in [0.2, 0.25) is 5.91 Å². The van der Waals surface area contributed by atoms with Crippen LogP contribution in [0.4, 0.5) is 0 Å². The summed E-state index contributed by atoms with van der Waals surface area (Å²) in [6, 6.07) is 0.627. The number of nitrogens with zero attached hydrogens (tertiary/aromatic N) is 4. The summed E-state index contributed by atoms with van der Waals surface area (Å²) in [4.78, 5) is 16.4. The molecule has 1 fully saturated rings. The van der Waals surface area contributed by atoms with Crippen molar-refractivity contribution in [3.63, 3.8) is 0 Å². The number of likely N-dealkylation sites (tertiary alicyclic amines) is 1. The molecule has 0 aromatic carbocycles. The zero-order valence-electron chi connectivity index (χ0n) is 13.0. The van der Waals surface area contributed by atoms with Gasteiger partial charge < -0.3 is 9.80 Å². The van der Waals surface area contributed by atoms with Crippen molar-refractivity contribution in [2.75, 3.05) is 27.2 Å². The Morgan fingerprint density at radius 3 is 2.43 bits per heavy atom. The van der Waals surface area contributed by atoms with Crippen molar-refractivity contribution in [3.8, 4) is 0 Å². The molecule has 0 saturated carbocycles. The number of carbonyl (C=O) groups excluding carboxylic acids is 1. The Morgan fingerprint density at radius 2 is 1.95 bits per heavy atom. The number of hydrogen-bond acceptors (Lipinski definition) is 3. The van der Waals surface area contributed by atoms with Gasteiger partial charge in [-0.25, -0.2) is 0 Å². The Kier molecular flexibility index (Phi) is 8.94. The summed E-state index contributed by atoms with van der Waals surface area (Å²) in [6.45, 7) is 1.80. The van der Waals surface area contributed by atoms with Gasteiger partial charge in [-0.3, -0.25) is 9.48 Å². The number of halogens is 2. The second-order valence-corrected chi connectivity index (χ2v) is 5.60. The predicted octanol–water partition coefficient (Wildman–Crippen LogP) is 1.75. The van der Waals surface area contributed by atoms with Crippen LogP contribution in [0.15, 0.2) is 12.4 Å². The van der Waals surface area contributed by atoms with Crippen LogP contribution in [0.3, 0.4) is 0 Å².